The number of hydrogen-bond donors (Lipinski definition) is 1. The van der Waals surface area contributed by atoms with Crippen LogP contribution in [-0.2, 0) is 0 Å². The van der Waals surface area contributed by atoms with Crippen LogP contribution in [0.2, 0.25) is 0 Å². The second kappa shape index (κ2) is 4.42. The smallest absolute Gasteiger partial charge is 0.0740 e. The van der Waals surface area contributed by atoms with Crippen molar-refractivity contribution in [1.82, 2.24) is 0 Å². The van der Waals surface area contributed by atoms with E-state index in [2.05, 4.69) is 5.16 Å². The molecule has 0 saturated heterocycles. The van der Waals surface area contributed by atoms with Gasteiger partial charge in [0.05, 0.1) is 6.21 Å². The lowest BCUT2D eigenvalue weighted by atomic mass is 10.0. The van der Waals surface area contributed by atoms with Crippen molar-refractivity contribution < 1.29 is 5.21 Å². The van der Waals surface area contributed by atoms with Crippen LogP contribution in [0.25, 0.3) is 11.1 Å². The molecule has 0 unspecified atom stereocenters. The van der Waals surface area contributed by atoms with Gasteiger partial charge < -0.3 is 5.21 Å². The molecule has 2 aromatic carbocycles. The van der Waals surface area contributed by atoms with E-state index in [0.29, 0.717) is 0 Å². The second-order valence-electron chi connectivity index (χ2n) is 3.20. The summed E-state index contributed by atoms with van der Waals surface area (Å²) in [5.41, 5.74) is 3.09. The monoisotopic (exact) mass is 197 g/mol. The van der Waals surface area contributed by atoms with Crippen molar-refractivity contribution in [2.75, 3.05) is 0 Å². The van der Waals surface area contributed by atoms with Crippen LogP contribution in [0.15, 0.2) is 59.8 Å². The maximum Gasteiger partial charge on any atom is 0.0740 e. The summed E-state index contributed by atoms with van der Waals surface area (Å²) in [5.74, 6) is 0. The number of rotatable bonds is 2. The molecule has 2 heteroatoms. The lowest BCUT2D eigenvalue weighted by Gasteiger charge is -2.04. The van der Waals surface area contributed by atoms with Crippen molar-refractivity contribution in [2.24, 2.45) is 5.16 Å². The largest absolute Gasteiger partial charge is 0.411 e. The topological polar surface area (TPSA) is 32.6 Å². The van der Waals surface area contributed by atoms with Crippen molar-refractivity contribution in [2.45, 2.75) is 0 Å². The van der Waals surface area contributed by atoms with Crippen LogP contribution in [0.5, 0.6) is 0 Å². The number of nitrogens with zero attached hydrogens (tertiary/aromatic N) is 1. The number of benzene rings is 2. The van der Waals surface area contributed by atoms with Gasteiger partial charge in [-0.15, -0.1) is 0 Å². The molecule has 0 aromatic heterocycles. The van der Waals surface area contributed by atoms with Crippen molar-refractivity contribution >= 4 is 6.21 Å². The molecule has 0 atom stereocenters. The number of hydrogen-bond acceptors (Lipinski definition) is 2. The van der Waals surface area contributed by atoms with Crippen molar-refractivity contribution in [1.29, 1.82) is 0 Å². The van der Waals surface area contributed by atoms with Gasteiger partial charge in [0, 0.05) is 5.56 Å². The van der Waals surface area contributed by atoms with Crippen LogP contribution in [-0.4, -0.2) is 11.4 Å². The molecular formula is C13H11NO. The van der Waals surface area contributed by atoms with Crippen LogP contribution in [0, 0.1) is 0 Å². The summed E-state index contributed by atoms with van der Waals surface area (Å²) < 4.78 is 0. The third kappa shape index (κ3) is 2.05. The van der Waals surface area contributed by atoms with Crippen LogP contribution in [0.4, 0.5) is 0 Å². The molecule has 0 aliphatic heterocycles. The van der Waals surface area contributed by atoms with Crippen LogP contribution < -0.4 is 0 Å². The van der Waals surface area contributed by atoms with Crippen molar-refractivity contribution in [3.05, 3.63) is 60.2 Å². The van der Waals surface area contributed by atoms with Gasteiger partial charge in [0.15, 0.2) is 0 Å². The average Bonchev–Trinajstić information content (AvgIpc) is 2.31. The van der Waals surface area contributed by atoms with Crippen LogP contribution in [0.3, 0.4) is 0 Å². The van der Waals surface area contributed by atoms with Gasteiger partial charge in [-0.1, -0.05) is 59.8 Å². The van der Waals surface area contributed by atoms with Gasteiger partial charge in [-0.25, -0.2) is 0 Å². The second-order valence-corrected chi connectivity index (χ2v) is 3.20. The summed E-state index contributed by atoms with van der Waals surface area (Å²) >= 11 is 0. The fourth-order valence-corrected chi connectivity index (χ4v) is 1.55. The molecule has 0 heterocycles. The SMILES string of the molecule is O/N=C\c1ccccc1-c1ccccc1. The molecule has 1 N–H and O–H groups in total. The van der Waals surface area contributed by atoms with E-state index in [9.17, 15) is 0 Å². The summed E-state index contributed by atoms with van der Waals surface area (Å²) in [6.45, 7) is 0. The molecule has 0 saturated carbocycles. The van der Waals surface area contributed by atoms with E-state index in [4.69, 9.17) is 5.21 Å². The fraction of sp³-hybridized carbons (Fsp3) is 0. The first kappa shape index (κ1) is 9.46. The van der Waals surface area contributed by atoms with E-state index >= 15 is 0 Å². The Morgan fingerprint density at radius 3 is 2.27 bits per heavy atom. The first-order chi connectivity index (χ1) is 7.42. The molecule has 0 amide bonds. The Hall–Kier alpha value is -2.09. The summed E-state index contributed by atoms with van der Waals surface area (Å²) in [6, 6.07) is 17.8. The summed E-state index contributed by atoms with van der Waals surface area (Å²) in [4.78, 5) is 0. The molecule has 0 bridgehead atoms. The highest BCUT2D eigenvalue weighted by Crippen LogP contribution is 2.21. The third-order valence-electron chi connectivity index (χ3n) is 2.24. The maximum atomic E-state index is 8.56. The van der Waals surface area contributed by atoms with E-state index in [1.165, 1.54) is 6.21 Å². The summed E-state index contributed by atoms with van der Waals surface area (Å²) in [6.07, 6.45) is 1.45. The Kier molecular flexibility index (Phi) is 2.79. The highest BCUT2D eigenvalue weighted by molar-refractivity contribution is 5.89. The summed E-state index contributed by atoms with van der Waals surface area (Å²) in [5, 5.41) is 11.6. The van der Waals surface area contributed by atoms with Crippen molar-refractivity contribution in [3.8, 4) is 11.1 Å². The van der Waals surface area contributed by atoms with E-state index < -0.39 is 0 Å². The highest BCUT2D eigenvalue weighted by atomic mass is 16.4. The van der Waals surface area contributed by atoms with Gasteiger partial charge in [0.25, 0.3) is 0 Å². The molecule has 15 heavy (non-hydrogen) atoms. The van der Waals surface area contributed by atoms with Gasteiger partial charge in [-0.3, -0.25) is 0 Å². The first-order valence-corrected chi connectivity index (χ1v) is 4.73. The molecule has 0 radical (unpaired) electrons. The molecule has 0 spiro atoms. The fourth-order valence-electron chi connectivity index (χ4n) is 1.55. The zero-order valence-electron chi connectivity index (χ0n) is 8.17. The number of oxime groups is 1. The molecule has 0 aliphatic rings. The zero-order valence-corrected chi connectivity index (χ0v) is 8.17. The minimum atomic E-state index is 0.909. The van der Waals surface area contributed by atoms with Gasteiger partial charge in [-0.2, -0.15) is 0 Å². The minimum Gasteiger partial charge on any atom is -0.411 e. The highest BCUT2D eigenvalue weighted by Gasteiger charge is 2.00. The van der Waals surface area contributed by atoms with Gasteiger partial charge in [0.2, 0.25) is 0 Å². The molecule has 0 aliphatic carbocycles. The molecule has 2 rings (SSSR count). The third-order valence-corrected chi connectivity index (χ3v) is 2.24. The molecule has 0 fully saturated rings. The van der Waals surface area contributed by atoms with Crippen LogP contribution >= 0.6 is 0 Å². The Morgan fingerprint density at radius 2 is 1.53 bits per heavy atom. The Labute approximate surface area is 88.5 Å². The Bertz CT molecular complexity index is 463. The van der Waals surface area contributed by atoms with E-state index in [1.807, 2.05) is 54.6 Å². The average molecular weight is 197 g/mol. The van der Waals surface area contributed by atoms with Crippen molar-refractivity contribution in [3.63, 3.8) is 0 Å². The van der Waals surface area contributed by atoms with Gasteiger partial charge >= 0.3 is 0 Å². The molecular weight excluding hydrogens is 186 g/mol. The standard InChI is InChI=1S/C13H11NO/c15-14-10-12-8-4-5-9-13(12)11-6-2-1-3-7-11/h1-10,15H/b14-10-. The van der Waals surface area contributed by atoms with E-state index in [0.717, 1.165) is 16.7 Å². The van der Waals surface area contributed by atoms with E-state index in [1.54, 1.807) is 0 Å². The summed E-state index contributed by atoms with van der Waals surface area (Å²) in [7, 11) is 0. The van der Waals surface area contributed by atoms with Gasteiger partial charge in [-0.05, 0) is 11.1 Å². The first-order valence-electron chi connectivity index (χ1n) is 4.73. The Balaban J connectivity index is 2.53. The minimum absolute atomic E-state index is 0.909. The quantitative estimate of drug-likeness (QED) is 0.447. The molecule has 2 aromatic rings. The van der Waals surface area contributed by atoms with Crippen LogP contribution in [0.1, 0.15) is 5.56 Å². The van der Waals surface area contributed by atoms with Gasteiger partial charge in [0.1, 0.15) is 0 Å². The maximum absolute atomic E-state index is 8.56. The Morgan fingerprint density at radius 1 is 0.867 bits per heavy atom. The normalized spacial score (nSPS) is 10.7. The van der Waals surface area contributed by atoms with E-state index in [-0.39, 0.29) is 0 Å². The molecule has 2 nitrogen and oxygen atoms in total. The zero-order chi connectivity index (χ0) is 10.5. The predicted octanol–water partition coefficient (Wildman–Crippen LogP) is 3.16. The molecule has 74 valence electrons. The lowest BCUT2D eigenvalue weighted by Crippen LogP contribution is -1.87. The lowest BCUT2D eigenvalue weighted by molar-refractivity contribution is 0.322. The predicted molar refractivity (Wildman–Crippen MR) is 61.3 cm³/mol.